The Hall–Kier alpha value is -2.82. The predicted octanol–water partition coefficient (Wildman–Crippen LogP) is 2.79. The van der Waals surface area contributed by atoms with Gasteiger partial charge >= 0.3 is 0 Å². The van der Waals surface area contributed by atoms with Crippen molar-refractivity contribution in [1.82, 2.24) is 4.98 Å². The summed E-state index contributed by atoms with van der Waals surface area (Å²) in [5, 5.41) is 5.56. The van der Waals surface area contributed by atoms with E-state index in [9.17, 15) is 9.59 Å². The Morgan fingerprint density at radius 1 is 1.17 bits per heavy atom. The molecular formula is C19H19N3O2. The first-order valence-corrected chi connectivity index (χ1v) is 7.99. The van der Waals surface area contributed by atoms with Crippen molar-refractivity contribution in [3.63, 3.8) is 0 Å². The Labute approximate surface area is 141 Å². The zero-order chi connectivity index (χ0) is 17.1. The van der Waals surface area contributed by atoms with Crippen molar-refractivity contribution >= 4 is 23.1 Å². The van der Waals surface area contributed by atoms with Crippen LogP contribution in [0.1, 0.15) is 25.0 Å². The van der Waals surface area contributed by atoms with Crippen LogP contribution in [-0.2, 0) is 22.4 Å². The van der Waals surface area contributed by atoms with Gasteiger partial charge in [0.2, 0.25) is 0 Å². The van der Waals surface area contributed by atoms with E-state index in [1.165, 1.54) is 10.6 Å². The summed E-state index contributed by atoms with van der Waals surface area (Å²) in [4.78, 5) is 29.2. The molecule has 0 bridgehead atoms. The van der Waals surface area contributed by atoms with Crippen molar-refractivity contribution in [3.05, 3.63) is 59.9 Å². The van der Waals surface area contributed by atoms with Gasteiger partial charge in [-0.1, -0.05) is 31.2 Å². The quantitative estimate of drug-likeness (QED) is 0.796. The van der Waals surface area contributed by atoms with E-state index < -0.39 is 5.92 Å². The molecule has 0 fully saturated rings. The van der Waals surface area contributed by atoms with Gasteiger partial charge in [0.15, 0.2) is 5.78 Å². The Morgan fingerprint density at radius 3 is 2.58 bits per heavy atom. The number of carbonyl (C=O) groups excluding carboxylic acids is 2. The first kappa shape index (κ1) is 16.1. The summed E-state index contributed by atoms with van der Waals surface area (Å²) in [6.45, 7) is 3.80. The maximum absolute atomic E-state index is 12.7. The summed E-state index contributed by atoms with van der Waals surface area (Å²) in [6.07, 6.45) is 4.35. The van der Waals surface area contributed by atoms with Crippen molar-refractivity contribution in [2.24, 2.45) is 11.0 Å². The molecule has 1 amide bonds. The van der Waals surface area contributed by atoms with Gasteiger partial charge in [0, 0.05) is 18.8 Å². The molecule has 0 N–H and O–H groups in total. The molecule has 0 radical (unpaired) electrons. The standard InChI is InChI=1S/C19H19N3O2/c1-3-14-5-4-6-15(11-14)12-17(23)18-13(2)21-22(19(18)24)16-7-9-20-10-8-16/h4-11,18H,3,12H2,1-2H3. The molecule has 5 heteroatoms. The van der Waals surface area contributed by atoms with E-state index in [1.54, 1.807) is 31.5 Å². The number of rotatable bonds is 5. The third-order valence-corrected chi connectivity index (χ3v) is 4.14. The molecule has 0 spiro atoms. The number of anilines is 1. The van der Waals surface area contributed by atoms with Crippen LogP contribution in [-0.4, -0.2) is 22.4 Å². The van der Waals surface area contributed by atoms with Crippen LogP contribution in [0.5, 0.6) is 0 Å². The smallest absolute Gasteiger partial charge is 0.263 e. The van der Waals surface area contributed by atoms with Gasteiger partial charge in [-0.2, -0.15) is 10.1 Å². The fraction of sp³-hybridized carbons (Fsp3) is 0.263. The molecule has 1 aliphatic rings. The van der Waals surface area contributed by atoms with Gasteiger partial charge in [0.05, 0.1) is 11.4 Å². The topological polar surface area (TPSA) is 62.6 Å². The highest BCUT2D eigenvalue weighted by atomic mass is 16.2. The van der Waals surface area contributed by atoms with Crippen molar-refractivity contribution < 1.29 is 9.59 Å². The third-order valence-electron chi connectivity index (χ3n) is 4.14. The molecule has 0 aliphatic carbocycles. The maximum Gasteiger partial charge on any atom is 0.263 e. The van der Waals surface area contributed by atoms with Crippen molar-refractivity contribution in [2.45, 2.75) is 26.7 Å². The Balaban J connectivity index is 1.78. The normalized spacial score (nSPS) is 17.1. The molecule has 24 heavy (non-hydrogen) atoms. The van der Waals surface area contributed by atoms with Crippen molar-refractivity contribution in [3.8, 4) is 0 Å². The summed E-state index contributed by atoms with van der Waals surface area (Å²) in [7, 11) is 0. The summed E-state index contributed by atoms with van der Waals surface area (Å²) in [5.74, 6) is -1.22. The van der Waals surface area contributed by atoms with Gasteiger partial charge in [-0.15, -0.1) is 0 Å². The molecule has 0 saturated heterocycles. The minimum absolute atomic E-state index is 0.119. The molecule has 1 aliphatic heterocycles. The summed E-state index contributed by atoms with van der Waals surface area (Å²) in [6, 6.07) is 11.3. The summed E-state index contributed by atoms with van der Waals surface area (Å²) < 4.78 is 0. The maximum atomic E-state index is 12.7. The second-order valence-electron chi connectivity index (χ2n) is 5.85. The number of nitrogens with zero attached hydrogens (tertiary/aromatic N) is 3. The van der Waals surface area contributed by atoms with Crippen LogP contribution in [0.2, 0.25) is 0 Å². The summed E-state index contributed by atoms with van der Waals surface area (Å²) in [5.41, 5.74) is 3.27. The largest absolute Gasteiger partial charge is 0.298 e. The molecule has 1 aromatic carbocycles. The Morgan fingerprint density at radius 2 is 1.88 bits per heavy atom. The van der Waals surface area contributed by atoms with E-state index in [4.69, 9.17) is 0 Å². The number of Topliss-reactive ketones (excluding diaryl/α,β-unsaturated/α-hetero) is 1. The highest BCUT2D eigenvalue weighted by Gasteiger charge is 2.39. The lowest BCUT2D eigenvalue weighted by atomic mass is 9.93. The molecule has 1 atom stereocenters. The molecule has 0 saturated carbocycles. The minimum atomic E-state index is -0.802. The molecule has 5 nitrogen and oxygen atoms in total. The number of carbonyl (C=O) groups is 2. The van der Waals surface area contributed by atoms with Crippen LogP contribution < -0.4 is 5.01 Å². The highest BCUT2D eigenvalue weighted by molar-refractivity contribution is 6.27. The number of hydrogen-bond donors (Lipinski definition) is 0. The van der Waals surface area contributed by atoms with Crippen LogP contribution in [0.3, 0.4) is 0 Å². The predicted molar refractivity (Wildman–Crippen MR) is 92.9 cm³/mol. The lowest BCUT2D eigenvalue weighted by Gasteiger charge is -2.13. The first-order valence-electron chi connectivity index (χ1n) is 7.99. The van der Waals surface area contributed by atoms with E-state index in [1.807, 2.05) is 24.3 Å². The highest BCUT2D eigenvalue weighted by Crippen LogP contribution is 2.24. The molecular weight excluding hydrogens is 302 g/mol. The van der Waals surface area contributed by atoms with Gasteiger partial charge < -0.3 is 0 Å². The number of hydrogen-bond acceptors (Lipinski definition) is 4. The number of ketones is 1. The SMILES string of the molecule is CCc1cccc(CC(=O)C2C(=O)N(c3ccncc3)N=C2C)c1. The summed E-state index contributed by atoms with van der Waals surface area (Å²) >= 11 is 0. The van der Waals surface area contributed by atoms with Crippen LogP contribution in [0, 0.1) is 5.92 Å². The Bertz CT molecular complexity index is 799. The van der Waals surface area contributed by atoms with E-state index in [0.29, 0.717) is 11.4 Å². The number of benzene rings is 1. The molecule has 1 unspecified atom stereocenters. The zero-order valence-electron chi connectivity index (χ0n) is 13.8. The number of amides is 1. The van der Waals surface area contributed by atoms with E-state index in [0.717, 1.165) is 12.0 Å². The van der Waals surface area contributed by atoms with Gasteiger partial charge in [-0.25, -0.2) is 0 Å². The van der Waals surface area contributed by atoms with Crippen LogP contribution in [0.25, 0.3) is 0 Å². The van der Waals surface area contributed by atoms with Crippen LogP contribution in [0.4, 0.5) is 5.69 Å². The first-order chi connectivity index (χ1) is 11.6. The fourth-order valence-corrected chi connectivity index (χ4v) is 2.87. The van der Waals surface area contributed by atoms with Crippen molar-refractivity contribution in [2.75, 3.05) is 5.01 Å². The number of hydrazone groups is 1. The molecule has 3 rings (SSSR count). The van der Waals surface area contributed by atoms with E-state index in [2.05, 4.69) is 17.0 Å². The van der Waals surface area contributed by atoms with Crippen LogP contribution >= 0.6 is 0 Å². The lowest BCUT2D eigenvalue weighted by Crippen LogP contribution is -2.33. The number of aromatic nitrogens is 1. The van der Waals surface area contributed by atoms with Gasteiger partial charge in [-0.3, -0.25) is 14.6 Å². The molecule has 1 aromatic heterocycles. The lowest BCUT2D eigenvalue weighted by molar-refractivity contribution is -0.128. The van der Waals surface area contributed by atoms with Gasteiger partial charge in [0.1, 0.15) is 5.92 Å². The average molecular weight is 321 g/mol. The van der Waals surface area contributed by atoms with Crippen molar-refractivity contribution in [1.29, 1.82) is 0 Å². The average Bonchev–Trinajstić information content (AvgIpc) is 2.90. The zero-order valence-corrected chi connectivity index (χ0v) is 13.8. The second kappa shape index (κ2) is 6.74. The van der Waals surface area contributed by atoms with Gasteiger partial charge in [-0.05, 0) is 36.6 Å². The fourth-order valence-electron chi connectivity index (χ4n) is 2.87. The van der Waals surface area contributed by atoms with E-state index >= 15 is 0 Å². The molecule has 2 heterocycles. The monoisotopic (exact) mass is 321 g/mol. The number of pyridine rings is 1. The van der Waals surface area contributed by atoms with Crippen LogP contribution in [0.15, 0.2) is 53.9 Å². The molecule has 122 valence electrons. The minimum Gasteiger partial charge on any atom is -0.298 e. The van der Waals surface area contributed by atoms with E-state index in [-0.39, 0.29) is 18.1 Å². The molecule has 2 aromatic rings. The van der Waals surface area contributed by atoms with Gasteiger partial charge in [0.25, 0.3) is 5.91 Å². The Kier molecular flexibility index (Phi) is 4.51. The number of aryl methyl sites for hydroxylation is 1. The third kappa shape index (κ3) is 3.11. The second-order valence-corrected chi connectivity index (χ2v) is 5.85.